The van der Waals surface area contributed by atoms with Crippen molar-refractivity contribution in [3.63, 3.8) is 0 Å². The molecule has 4 rings (SSSR count). The van der Waals surface area contributed by atoms with Gasteiger partial charge in [0, 0.05) is 11.6 Å². The van der Waals surface area contributed by atoms with E-state index in [1.54, 1.807) is 16.7 Å². The highest BCUT2D eigenvalue weighted by Crippen LogP contribution is 2.36. The molecule has 0 saturated carbocycles. The molecular weight excluding hydrogens is 432 g/mol. The van der Waals surface area contributed by atoms with Gasteiger partial charge in [-0.25, -0.2) is 18.4 Å². The van der Waals surface area contributed by atoms with Gasteiger partial charge in [-0.15, -0.1) is 0 Å². The highest BCUT2D eigenvalue weighted by Gasteiger charge is 2.30. The Morgan fingerprint density at radius 1 is 0.968 bits per heavy atom. The van der Waals surface area contributed by atoms with Crippen molar-refractivity contribution in [1.82, 2.24) is 14.5 Å². The Hall–Kier alpha value is -2.64. The van der Waals surface area contributed by atoms with Crippen LogP contribution in [0.15, 0.2) is 58.3 Å². The molecule has 0 amide bonds. The Balaban J connectivity index is 1.89. The van der Waals surface area contributed by atoms with Gasteiger partial charge in [-0.05, 0) is 36.8 Å². The largest absolute Gasteiger partial charge is 0.384 e. The first-order chi connectivity index (χ1) is 14.9. The number of fused-ring (bicyclic) bond motifs is 2. The van der Waals surface area contributed by atoms with Crippen LogP contribution in [-0.4, -0.2) is 23.0 Å². The van der Waals surface area contributed by atoms with Crippen molar-refractivity contribution in [2.75, 3.05) is 5.73 Å². The second kappa shape index (κ2) is 8.85. The zero-order valence-electron chi connectivity index (χ0n) is 17.4. The van der Waals surface area contributed by atoms with Gasteiger partial charge < -0.3 is 10.3 Å². The fraction of sp³-hybridized carbons (Fsp3) is 0.304. The van der Waals surface area contributed by atoms with Gasteiger partial charge in [0.05, 0.1) is 15.9 Å². The van der Waals surface area contributed by atoms with Gasteiger partial charge in [0.1, 0.15) is 16.2 Å². The molecule has 0 unspecified atom stereocenters. The average molecular weight is 457 g/mol. The number of nitrogens with zero attached hydrogens (tertiary/aromatic N) is 3. The maximum absolute atomic E-state index is 13.6. The molecule has 0 saturated heterocycles. The van der Waals surface area contributed by atoms with Gasteiger partial charge >= 0.3 is 0 Å². The number of para-hydroxylation sites is 2. The number of anilines is 1. The van der Waals surface area contributed by atoms with Crippen LogP contribution in [0.1, 0.15) is 39.0 Å². The van der Waals surface area contributed by atoms with Gasteiger partial charge in [-0.3, -0.25) is 0 Å². The Bertz CT molecular complexity index is 1350. The lowest BCUT2D eigenvalue weighted by Crippen LogP contribution is -2.08. The summed E-state index contributed by atoms with van der Waals surface area (Å²) >= 11 is 6.06. The van der Waals surface area contributed by atoms with Crippen LogP contribution < -0.4 is 5.73 Å². The molecule has 162 valence electrons. The van der Waals surface area contributed by atoms with Gasteiger partial charge in [0.25, 0.3) is 0 Å². The minimum Gasteiger partial charge on any atom is -0.384 e. The van der Waals surface area contributed by atoms with Crippen LogP contribution in [0.3, 0.4) is 0 Å². The highest BCUT2D eigenvalue weighted by atomic mass is 35.5. The van der Waals surface area contributed by atoms with Crippen LogP contribution in [0.5, 0.6) is 0 Å². The molecule has 0 radical (unpaired) electrons. The molecule has 31 heavy (non-hydrogen) atoms. The molecule has 2 heterocycles. The van der Waals surface area contributed by atoms with E-state index in [-0.39, 0.29) is 15.6 Å². The number of hydrogen-bond acceptors (Lipinski definition) is 5. The molecule has 0 fully saturated rings. The number of nitrogen functional groups attached to an aromatic ring is 1. The number of benzene rings is 2. The molecule has 0 bridgehead atoms. The number of nitrogens with two attached hydrogens (primary N) is 1. The quantitative estimate of drug-likeness (QED) is 0.347. The van der Waals surface area contributed by atoms with E-state index >= 15 is 0 Å². The number of halogens is 1. The van der Waals surface area contributed by atoms with Gasteiger partial charge in [-0.1, -0.05) is 62.4 Å². The molecule has 2 N–H and O–H groups in total. The third-order valence-corrected chi connectivity index (χ3v) is 7.46. The first kappa shape index (κ1) is 21.6. The summed E-state index contributed by atoms with van der Waals surface area (Å²) in [6.07, 6.45) is 5.41. The predicted molar refractivity (Wildman–Crippen MR) is 125 cm³/mol. The van der Waals surface area contributed by atoms with E-state index in [0.29, 0.717) is 33.8 Å². The molecule has 0 aliphatic rings. The number of hydrogen-bond donors (Lipinski definition) is 1. The Morgan fingerprint density at radius 2 is 1.68 bits per heavy atom. The maximum atomic E-state index is 13.6. The van der Waals surface area contributed by atoms with Crippen molar-refractivity contribution in [2.24, 2.45) is 0 Å². The van der Waals surface area contributed by atoms with Crippen molar-refractivity contribution in [2.45, 2.75) is 55.4 Å². The number of aromatic nitrogens is 3. The van der Waals surface area contributed by atoms with Crippen molar-refractivity contribution < 1.29 is 8.42 Å². The molecule has 0 aliphatic heterocycles. The van der Waals surface area contributed by atoms with Gasteiger partial charge in [0.2, 0.25) is 9.84 Å². The fourth-order valence-electron chi connectivity index (χ4n) is 3.81. The molecule has 8 heteroatoms. The molecule has 2 aromatic heterocycles. The zero-order chi connectivity index (χ0) is 22.0. The van der Waals surface area contributed by atoms with Crippen LogP contribution in [0.25, 0.3) is 22.2 Å². The summed E-state index contributed by atoms with van der Waals surface area (Å²) in [5, 5.41) is 0.343. The van der Waals surface area contributed by atoms with Crippen molar-refractivity contribution >= 4 is 49.5 Å². The summed E-state index contributed by atoms with van der Waals surface area (Å²) < 4.78 is 28.9. The van der Waals surface area contributed by atoms with E-state index in [9.17, 15) is 8.42 Å². The summed E-state index contributed by atoms with van der Waals surface area (Å²) in [4.78, 5) is 9.47. The maximum Gasteiger partial charge on any atom is 0.212 e. The van der Waals surface area contributed by atoms with Crippen LogP contribution in [0.4, 0.5) is 5.82 Å². The molecule has 0 aliphatic carbocycles. The summed E-state index contributed by atoms with van der Waals surface area (Å²) in [7, 11) is -3.94. The van der Waals surface area contributed by atoms with Crippen LogP contribution >= 0.6 is 11.6 Å². The van der Waals surface area contributed by atoms with E-state index in [1.807, 2.05) is 24.3 Å². The average Bonchev–Trinajstić information content (AvgIpc) is 3.03. The lowest BCUT2D eigenvalue weighted by molar-refractivity contribution is 0.576. The number of rotatable bonds is 8. The normalized spacial score (nSPS) is 12.1. The highest BCUT2D eigenvalue weighted by molar-refractivity contribution is 7.92. The summed E-state index contributed by atoms with van der Waals surface area (Å²) in [5.74, 6) is 0.167. The molecule has 6 nitrogen and oxygen atoms in total. The van der Waals surface area contributed by atoms with E-state index < -0.39 is 9.84 Å². The smallest absolute Gasteiger partial charge is 0.212 e. The minimum atomic E-state index is -3.94. The fourth-order valence-corrected chi connectivity index (χ4v) is 5.61. The minimum absolute atomic E-state index is 0.00317. The van der Waals surface area contributed by atoms with Crippen LogP contribution in [0.2, 0.25) is 5.02 Å². The molecular formula is C23H25ClN4O2S. The number of sulfone groups is 1. The molecule has 4 aromatic rings. The SMILES string of the molecule is CCCCCCCn1c(N)c(S(=O)(=O)c2cccc(Cl)c2)c2nc3ccccc3nc21. The molecule has 0 atom stereocenters. The number of aryl methyl sites for hydroxylation is 1. The predicted octanol–water partition coefficient (Wildman–Crippen LogP) is 5.62. The second-order valence-corrected chi connectivity index (χ2v) is 9.95. The third-order valence-electron chi connectivity index (χ3n) is 5.41. The van der Waals surface area contributed by atoms with Crippen LogP contribution in [-0.2, 0) is 16.4 Å². The topological polar surface area (TPSA) is 90.9 Å². The lowest BCUT2D eigenvalue weighted by atomic mass is 10.1. The van der Waals surface area contributed by atoms with Crippen molar-refractivity contribution in [3.05, 3.63) is 53.6 Å². The zero-order valence-corrected chi connectivity index (χ0v) is 19.0. The summed E-state index contributed by atoms with van der Waals surface area (Å²) in [6, 6.07) is 13.6. The first-order valence-electron chi connectivity index (χ1n) is 10.5. The van der Waals surface area contributed by atoms with Crippen molar-refractivity contribution in [3.8, 4) is 0 Å². The van der Waals surface area contributed by atoms with Crippen LogP contribution in [0, 0.1) is 0 Å². The molecule has 2 aromatic carbocycles. The van der Waals surface area contributed by atoms with E-state index in [1.165, 1.54) is 18.6 Å². The van der Waals surface area contributed by atoms with Gasteiger partial charge in [-0.2, -0.15) is 0 Å². The first-order valence-corrected chi connectivity index (χ1v) is 12.3. The Morgan fingerprint density at radius 3 is 2.39 bits per heavy atom. The molecule has 0 spiro atoms. The Labute approximate surface area is 187 Å². The monoisotopic (exact) mass is 456 g/mol. The van der Waals surface area contributed by atoms with E-state index in [2.05, 4.69) is 11.9 Å². The van der Waals surface area contributed by atoms with Crippen molar-refractivity contribution in [1.29, 1.82) is 0 Å². The number of unbranched alkanes of at least 4 members (excludes halogenated alkanes) is 4. The summed E-state index contributed by atoms with van der Waals surface area (Å²) in [5.41, 5.74) is 8.56. The summed E-state index contributed by atoms with van der Waals surface area (Å²) in [6.45, 7) is 2.76. The lowest BCUT2D eigenvalue weighted by Gasteiger charge is -2.08. The van der Waals surface area contributed by atoms with E-state index in [0.717, 1.165) is 25.7 Å². The standard InChI is InChI=1S/C23H25ClN4O2S/c1-2-3-4-5-8-14-28-22(25)21(31(29,30)17-11-9-10-16(24)15-17)20-23(28)27-19-13-7-6-12-18(19)26-20/h6-7,9-13,15H,2-5,8,14,25H2,1H3. The third kappa shape index (κ3) is 4.12. The Kier molecular flexibility index (Phi) is 6.16. The van der Waals surface area contributed by atoms with E-state index in [4.69, 9.17) is 22.3 Å². The van der Waals surface area contributed by atoms with Gasteiger partial charge in [0.15, 0.2) is 5.65 Å². The second-order valence-electron chi connectivity index (χ2n) is 7.63.